The number of carbonyl (C=O) groups excluding carboxylic acids is 1. The number of nitrogens with two attached hydrogens (primary N) is 1. The monoisotopic (exact) mass is 509 g/mol. The van der Waals surface area contributed by atoms with Gasteiger partial charge >= 0.3 is 5.97 Å². The van der Waals surface area contributed by atoms with Gasteiger partial charge in [0.05, 0.1) is 29.6 Å². The number of aromatic nitrogens is 4. The fraction of sp³-hybridized carbons (Fsp3) is 0.350. The maximum atomic E-state index is 13.7. The lowest BCUT2D eigenvalue weighted by Gasteiger charge is -2.29. The number of halogens is 1. The van der Waals surface area contributed by atoms with E-state index in [0.29, 0.717) is 11.2 Å². The zero-order valence-electron chi connectivity index (χ0n) is 18.7. The molecule has 182 valence electrons. The van der Waals surface area contributed by atoms with Gasteiger partial charge in [0, 0.05) is 0 Å². The van der Waals surface area contributed by atoms with E-state index < -0.39 is 37.3 Å². The number of hydrogen-bond acceptors (Lipinski definition) is 8. The van der Waals surface area contributed by atoms with Crippen molar-refractivity contribution in [3.05, 3.63) is 47.5 Å². The number of nitrogen functional groups attached to an aromatic ring is 1. The van der Waals surface area contributed by atoms with Gasteiger partial charge in [-0.15, -0.1) is 0 Å². The van der Waals surface area contributed by atoms with E-state index in [1.165, 1.54) is 38.6 Å². The van der Waals surface area contributed by atoms with Crippen LogP contribution in [0.4, 0.5) is 5.82 Å². The Bertz CT molecular complexity index is 1270. The fourth-order valence-corrected chi connectivity index (χ4v) is 5.37. The van der Waals surface area contributed by atoms with Crippen molar-refractivity contribution in [2.45, 2.75) is 39.0 Å². The number of hydrogen-bond donors (Lipinski definition) is 4. The molecule has 0 aliphatic rings. The van der Waals surface area contributed by atoms with E-state index in [1.807, 2.05) is 0 Å². The minimum absolute atomic E-state index is 0.0922. The number of anilines is 1. The van der Waals surface area contributed by atoms with Crippen LogP contribution in [0, 0.1) is 0 Å². The molecule has 0 radical (unpaired) electrons. The van der Waals surface area contributed by atoms with Crippen LogP contribution in [0.25, 0.3) is 11.2 Å². The molecule has 5 N–H and O–H groups in total. The van der Waals surface area contributed by atoms with Gasteiger partial charge in [-0.1, -0.05) is 23.7 Å². The van der Waals surface area contributed by atoms with Crippen LogP contribution in [0.15, 0.2) is 36.9 Å². The molecule has 0 fully saturated rings. The molecule has 0 unspecified atom stereocenters. The number of carboxylic acid groups (broad SMARTS) is 1. The third kappa shape index (κ3) is 5.89. The first kappa shape index (κ1) is 25.6. The molecule has 3 rings (SSSR count). The molecule has 3 aromatic rings. The lowest BCUT2D eigenvalue weighted by molar-refractivity contribution is -0.142. The standard InChI is InChI=1S/C20H25ClN7O5P/c1-12(8-28-10-25-15-16(22)23-9-24-17(15)28)33-11-34(32,27-20(2,3)19(30)31)26-18(29)13-6-4-5-7-14(13)21/h4-7,9-10,12H,8,11H2,1-3H3,(H,30,31)(H2,22,23,24)(H2,26,27,29,32)/t12-,34+/m1/s1. The van der Waals surface area contributed by atoms with Crippen molar-refractivity contribution in [2.75, 3.05) is 12.1 Å². The Morgan fingerprint density at radius 1 is 1.29 bits per heavy atom. The van der Waals surface area contributed by atoms with Crippen molar-refractivity contribution in [1.82, 2.24) is 29.7 Å². The number of ether oxygens (including phenoxy) is 1. The van der Waals surface area contributed by atoms with Gasteiger partial charge in [-0.2, -0.15) is 0 Å². The molecular formula is C20H25ClN7O5P. The number of rotatable bonds is 10. The second-order valence-corrected chi connectivity index (χ2v) is 10.7. The highest BCUT2D eigenvalue weighted by molar-refractivity contribution is 7.60. The fourth-order valence-electron chi connectivity index (χ4n) is 3.06. The van der Waals surface area contributed by atoms with Gasteiger partial charge in [0.25, 0.3) is 13.4 Å². The Morgan fingerprint density at radius 3 is 2.68 bits per heavy atom. The zero-order chi connectivity index (χ0) is 25.1. The first-order chi connectivity index (χ1) is 15.9. The van der Waals surface area contributed by atoms with Gasteiger partial charge in [0.2, 0.25) is 0 Å². The van der Waals surface area contributed by atoms with E-state index in [9.17, 15) is 19.3 Å². The predicted molar refractivity (Wildman–Crippen MR) is 127 cm³/mol. The van der Waals surface area contributed by atoms with Crippen LogP contribution in [0.3, 0.4) is 0 Å². The Labute approximate surface area is 200 Å². The topological polar surface area (TPSA) is 174 Å². The number of amides is 1. The highest BCUT2D eigenvalue weighted by Crippen LogP contribution is 2.40. The second kappa shape index (κ2) is 10.1. The average Bonchev–Trinajstić information content (AvgIpc) is 3.16. The van der Waals surface area contributed by atoms with Gasteiger partial charge in [0.15, 0.2) is 11.5 Å². The summed E-state index contributed by atoms with van der Waals surface area (Å²) < 4.78 is 21.1. The maximum Gasteiger partial charge on any atom is 0.323 e. The summed E-state index contributed by atoms with van der Waals surface area (Å²) in [5.74, 6) is -1.74. The smallest absolute Gasteiger partial charge is 0.323 e. The van der Waals surface area contributed by atoms with Gasteiger partial charge < -0.3 is 20.1 Å². The lowest BCUT2D eigenvalue weighted by Crippen LogP contribution is -2.48. The number of benzene rings is 1. The minimum atomic E-state index is -3.92. The number of fused-ring (bicyclic) bond motifs is 1. The average molecular weight is 510 g/mol. The summed E-state index contributed by atoms with van der Waals surface area (Å²) in [6, 6.07) is 6.23. The summed E-state index contributed by atoms with van der Waals surface area (Å²) in [5, 5.41) is 14.6. The van der Waals surface area contributed by atoms with Crippen molar-refractivity contribution in [3.8, 4) is 0 Å². The van der Waals surface area contributed by atoms with Gasteiger partial charge in [-0.05, 0) is 32.9 Å². The van der Waals surface area contributed by atoms with Gasteiger partial charge in [-0.3, -0.25) is 19.2 Å². The molecule has 0 bridgehead atoms. The van der Waals surface area contributed by atoms with Crippen LogP contribution >= 0.6 is 19.0 Å². The molecule has 2 atom stereocenters. The quantitative estimate of drug-likeness (QED) is 0.297. The number of carbonyl (C=O) groups is 2. The third-order valence-electron chi connectivity index (χ3n) is 4.82. The largest absolute Gasteiger partial charge is 0.480 e. The Kier molecular flexibility index (Phi) is 7.57. The van der Waals surface area contributed by atoms with E-state index in [2.05, 4.69) is 25.1 Å². The molecule has 0 spiro atoms. The zero-order valence-corrected chi connectivity index (χ0v) is 20.4. The molecule has 14 heteroatoms. The Hall–Kier alpha value is -3.05. The SMILES string of the molecule is C[C@H](Cn1cnc2c(N)ncnc21)OC[P@](=O)(NC(=O)c1ccccc1Cl)NC(C)(C)C(=O)O. The number of aliphatic carboxylic acids is 1. The molecular weight excluding hydrogens is 485 g/mol. The van der Waals surface area contributed by atoms with Crippen LogP contribution in [0.5, 0.6) is 0 Å². The molecule has 0 saturated carbocycles. The lowest BCUT2D eigenvalue weighted by atomic mass is 10.1. The molecule has 2 aromatic heterocycles. The Morgan fingerprint density at radius 2 is 2.00 bits per heavy atom. The predicted octanol–water partition coefficient (Wildman–Crippen LogP) is 2.50. The summed E-state index contributed by atoms with van der Waals surface area (Å²) in [7, 11) is -3.92. The van der Waals surface area contributed by atoms with E-state index in [0.717, 1.165) is 0 Å². The number of nitrogens with zero attached hydrogens (tertiary/aromatic N) is 4. The van der Waals surface area contributed by atoms with E-state index in [-0.39, 0.29) is 22.9 Å². The van der Waals surface area contributed by atoms with Gasteiger partial charge in [0.1, 0.15) is 23.7 Å². The van der Waals surface area contributed by atoms with Crippen LogP contribution in [-0.4, -0.2) is 54.5 Å². The molecule has 0 aliphatic heterocycles. The van der Waals surface area contributed by atoms with Gasteiger partial charge in [-0.25, -0.2) is 20.0 Å². The van der Waals surface area contributed by atoms with Crippen molar-refractivity contribution >= 4 is 47.9 Å². The van der Waals surface area contributed by atoms with E-state index >= 15 is 0 Å². The first-order valence-electron chi connectivity index (χ1n) is 10.1. The minimum Gasteiger partial charge on any atom is -0.480 e. The number of imidazole rings is 1. The Balaban J connectivity index is 1.77. The van der Waals surface area contributed by atoms with Crippen molar-refractivity contribution in [1.29, 1.82) is 0 Å². The summed E-state index contributed by atoms with van der Waals surface area (Å²) in [5.41, 5.74) is 5.22. The summed E-state index contributed by atoms with van der Waals surface area (Å²) in [6.07, 6.45) is 1.84. The number of nitrogens with one attached hydrogen (secondary N) is 2. The number of carboxylic acids is 1. The molecule has 1 aromatic carbocycles. The second-order valence-electron chi connectivity index (χ2n) is 8.14. The molecule has 34 heavy (non-hydrogen) atoms. The molecule has 12 nitrogen and oxygen atoms in total. The molecule has 1 amide bonds. The summed E-state index contributed by atoms with van der Waals surface area (Å²) in [6.45, 7) is 4.65. The van der Waals surface area contributed by atoms with E-state index in [4.69, 9.17) is 22.1 Å². The van der Waals surface area contributed by atoms with Crippen molar-refractivity contribution in [2.24, 2.45) is 0 Å². The van der Waals surface area contributed by atoms with Crippen LogP contribution < -0.4 is 15.9 Å². The summed E-state index contributed by atoms with van der Waals surface area (Å²) >= 11 is 6.07. The highest BCUT2D eigenvalue weighted by atomic mass is 35.5. The summed E-state index contributed by atoms with van der Waals surface area (Å²) in [4.78, 5) is 36.6. The third-order valence-corrected chi connectivity index (χ3v) is 7.15. The molecule has 0 aliphatic carbocycles. The highest BCUT2D eigenvalue weighted by Gasteiger charge is 2.38. The first-order valence-corrected chi connectivity index (χ1v) is 12.4. The van der Waals surface area contributed by atoms with Crippen LogP contribution in [0.1, 0.15) is 31.1 Å². The molecule has 0 saturated heterocycles. The van der Waals surface area contributed by atoms with Crippen molar-refractivity contribution in [3.63, 3.8) is 0 Å². The van der Waals surface area contributed by atoms with E-state index in [1.54, 1.807) is 23.6 Å². The molecule has 2 heterocycles. The maximum absolute atomic E-state index is 13.7. The normalized spacial score (nSPS) is 14.5. The van der Waals surface area contributed by atoms with Crippen LogP contribution in [-0.2, 0) is 20.6 Å². The van der Waals surface area contributed by atoms with Crippen LogP contribution in [0.2, 0.25) is 5.02 Å². The van der Waals surface area contributed by atoms with Crippen molar-refractivity contribution < 1.29 is 24.0 Å².